The first-order valence-corrected chi connectivity index (χ1v) is 7.06. The lowest BCUT2D eigenvalue weighted by molar-refractivity contribution is 0.0910. The highest BCUT2D eigenvalue weighted by molar-refractivity contribution is 9.10. The van der Waals surface area contributed by atoms with E-state index in [4.69, 9.17) is 0 Å². The predicted molar refractivity (Wildman–Crippen MR) is 80.4 cm³/mol. The number of hydrogen-bond acceptors (Lipinski definition) is 3. The molecule has 2 rings (SSSR count). The predicted octanol–water partition coefficient (Wildman–Crippen LogP) is 2.18. The molecule has 0 aliphatic heterocycles. The number of carbonyl (C=O) groups excluding carboxylic acids is 1. The smallest absolute Gasteiger partial charge is 0.271 e. The second-order valence-electron chi connectivity index (χ2n) is 4.38. The molecule has 2 N–H and O–H groups in total. The number of amides is 1. The quantitative estimate of drug-likeness (QED) is 0.880. The highest BCUT2D eigenvalue weighted by atomic mass is 79.9. The van der Waals surface area contributed by atoms with E-state index in [1.807, 2.05) is 30.3 Å². The van der Waals surface area contributed by atoms with Gasteiger partial charge in [0.2, 0.25) is 0 Å². The van der Waals surface area contributed by atoms with Crippen molar-refractivity contribution in [2.24, 2.45) is 0 Å². The van der Waals surface area contributed by atoms with Gasteiger partial charge >= 0.3 is 0 Å². The highest BCUT2D eigenvalue weighted by Gasteiger charge is 2.16. The summed E-state index contributed by atoms with van der Waals surface area (Å²) in [4.78, 5) is 16.1. The summed E-state index contributed by atoms with van der Waals surface area (Å²) in [6, 6.07) is 12.9. The van der Waals surface area contributed by atoms with Gasteiger partial charge in [0.15, 0.2) is 0 Å². The van der Waals surface area contributed by atoms with Gasteiger partial charge in [-0.15, -0.1) is 0 Å². The molecule has 20 heavy (non-hydrogen) atoms. The Bertz CT molecular complexity index is 575. The fourth-order valence-corrected chi connectivity index (χ4v) is 2.30. The standard InChI is InChI=1S/C15H15BrN2O2/c16-13-7-4-8-17-14(13)15(20)18-12(10-19)9-11-5-2-1-3-6-11/h1-8,12,19H,9-10H2,(H,18,20)/t12-/m1/s1. The first-order chi connectivity index (χ1) is 9.70. The van der Waals surface area contributed by atoms with Crippen molar-refractivity contribution < 1.29 is 9.90 Å². The molecule has 1 aromatic carbocycles. The number of nitrogens with one attached hydrogen (secondary N) is 1. The van der Waals surface area contributed by atoms with Crippen LogP contribution in [0, 0.1) is 0 Å². The van der Waals surface area contributed by atoms with Gasteiger partial charge in [-0.05, 0) is 40.0 Å². The van der Waals surface area contributed by atoms with Crippen LogP contribution in [0.15, 0.2) is 53.1 Å². The van der Waals surface area contributed by atoms with Crippen LogP contribution in [0.1, 0.15) is 16.1 Å². The number of benzene rings is 1. The molecule has 5 heteroatoms. The van der Waals surface area contributed by atoms with Gasteiger partial charge in [-0.3, -0.25) is 4.79 Å². The first kappa shape index (κ1) is 14.7. The summed E-state index contributed by atoms with van der Waals surface area (Å²) in [7, 11) is 0. The van der Waals surface area contributed by atoms with Crippen LogP contribution < -0.4 is 5.32 Å². The first-order valence-electron chi connectivity index (χ1n) is 6.27. The summed E-state index contributed by atoms with van der Waals surface area (Å²) in [6.07, 6.45) is 2.14. The van der Waals surface area contributed by atoms with Crippen LogP contribution in [0.25, 0.3) is 0 Å². The van der Waals surface area contributed by atoms with Gasteiger partial charge in [-0.25, -0.2) is 4.98 Å². The Kier molecular flexibility index (Phi) is 5.26. The minimum Gasteiger partial charge on any atom is -0.394 e. The Balaban J connectivity index is 2.03. The maximum atomic E-state index is 12.1. The molecule has 0 aliphatic carbocycles. The van der Waals surface area contributed by atoms with Gasteiger partial charge in [-0.2, -0.15) is 0 Å². The number of hydrogen-bond donors (Lipinski definition) is 2. The average molecular weight is 335 g/mol. The van der Waals surface area contributed by atoms with Gasteiger partial charge < -0.3 is 10.4 Å². The Morgan fingerprint density at radius 1 is 1.25 bits per heavy atom. The monoisotopic (exact) mass is 334 g/mol. The summed E-state index contributed by atoms with van der Waals surface area (Å²) in [5, 5.41) is 12.2. The number of pyridine rings is 1. The van der Waals surface area contributed by atoms with E-state index in [-0.39, 0.29) is 18.6 Å². The zero-order chi connectivity index (χ0) is 14.4. The van der Waals surface area contributed by atoms with Crippen molar-refractivity contribution in [1.29, 1.82) is 0 Å². The van der Waals surface area contributed by atoms with Gasteiger partial charge in [-0.1, -0.05) is 30.3 Å². The van der Waals surface area contributed by atoms with E-state index in [0.717, 1.165) is 5.56 Å². The van der Waals surface area contributed by atoms with E-state index >= 15 is 0 Å². The van der Waals surface area contributed by atoms with Gasteiger partial charge in [0.1, 0.15) is 5.69 Å². The molecule has 0 spiro atoms. The topological polar surface area (TPSA) is 62.2 Å². The molecule has 0 radical (unpaired) electrons. The minimum atomic E-state index is -0.334. The molecular weight excluding hydrogens is 320 g/mol. The number of carbonyl (C=O) groups is 1. The van der Waals surface area contributed by atoms with E-state index in [0.29, 0.717) is 16.6 Å². The number of aliphatic hydroxyl groups is 1. The summed E-state index contributed by atoms with van der Waals surface area (Å²) in [6.45, 7) is -0.120. The van der Waals surface area contributed by atoms with E-state index in [1.165, 1.54) is 0 Å². The fraction of sp³-hybridized carbons (Fsp3) is 0.200. The molecule has 0 fully saturated rings. The third kappa shape index (κ3) is 3.88. The molecule has 0 saturated carbocycles. The lowest BCUT2D eigenvalue weighted by Gasteiger charge is -2.16. The Hall–Kier alpha value is -1.72. The van der Waals surface area contributed by atoms with Crippen molar-refractivity contribution in [3.05, 3.63) is 64.4 Å². The van der Waals surface area contributed by atoms with Crippen LogP contribution >= 0.6 is 15.9 Å². The fourth-order valence-electron chi connectivity index (χ4n) is 1.87. The van der Waals surface area contributed by atoms with E-state index in [2.05, 4.69) is 26.2 Å². The van der Waals surface area contributed by atoms with Crippen LogP contribution in [0.2, 0.25) is 0 Å². The second kappa shape index (κ2) is 7.17. The molecule has 0 aliphatic rings. The Morgan fingerprint density at radius 3 is 2.65 bits per heavy atom. The number of rotatable bonds is 5. The van der Waals surface area contributed by atoms with Crippen molar-refractivity contribution in [2.45, 2.75) is 12.5 Å². The van der Waals surface area contributed by atoms with Crippen molar-refractivity contribution in [3.63, 3.8) is 0 Å². The van der Waals surface area contributed by atoms with Crippen LogP contribution in [0.5, 0.6) is 0 Å². The molecule has 0 unspecified atom stereocenters. The van der Waals surface area contributed by atoms with Gasteiger partial charge in [0.25, 0.3) is 5.91 Å². The average Bonchev–Trinajstić information content (AvgIpc) is 2.48. The summed E-state index contributed by atoms with van der Waals surface area (Å²) in [5.74, 6) is -0.299. The van der Waals surface area contributed by atoms with Crippen molar-refractivity contribution in [1.82, 2.24) is 10.3 Å². The Morgan fingerprint density at radius 2 is 2.00 bits per heavy atom. The highest BCUT2D eigenvalue weighted by Crippen LogP contribution is 2.13. The number of aromatic nitrogens is 1. The summed E-state index contributed by atoms with van der Waals surface area (Å²) < 4.78 is 0.633. The zero-order valence-corrected chi connectivity index (χ0v) is 12.4. The molecule has 1 aromatic heterocycles. The maximum Gasteiger partial charge on any atom is 0.271 e. The molecule has 2 aromatic rings. The molecule has 0 saturated heterocycles. The third-order valence-electron chi connectivity index (χ3n) is 2.85. The van der Waals surface area contributed by atoms with E-state index < -0.39 is 0 Å². The van der Waals surface area contributed by atoms with Gasteiger partial charge in [0, 0.05) is 10.7 Å². The normalized spacial score (nSPS) is 11.9. The van der Waals surface area contributed by atoms with E-state index in [1.54, 1.807) is 18.3 Å². The number of nitrogens with zero attached hydrogens (tertiary/aromatic N) is 1. The number of halogens is 1. The number of aliphatic hydroxyl groups excluding tert-OH is 1. The van der Waals surface area contributed by atoms with Gasteiger partial charge in [0.05, 0.1) is 12.6 Å². The molecule has 0 bridgehead atoms. The zero-order valence-electron chi connectivity index (χ0n) is 10.8. The maximum absolute atomic E-state index is 12.1. The molecule has 1 amide bonds. The van der Waals surface area contributed by atoms with Crippen LogP contribution in [0.3, 0.4) is 0 Å². The van der Waals surface area contributed by atoms with Crippen molar-refractivity contribution in [2.75, 3.05) is 6.61 Å². The SMILES string of the molecule is O=C(N[C@@H](CO)Cc1ccccc1)c1ncccc1Br. The van der Waals surface area contributed by atoms with Crippen LogP contribution in [-0.2, 0) is 6.42 Å². The molecule has 4 nitrogen and oxygen atoms in total. The van der Waals surface area contributed by atoms with Crippen LogP contribution in [-0.4, -0.2) is 28.6 Å². The lowest BCUT2D eigenvalue weighted by Crippen LogP contribution is -2.39. The molecule has 1 heterocycles. The second-order valence-corrected chi connectivity index (χ2v) is 5.23. The summed E-state index contributed by atoms with van der Waals surface area (Å²) >= 11 is 3.29. The van der Waals surface area contributed by atoms with Crippen molar-refractivity contribution >= 4 is 21.8 Å². The minimum absolute atomic E-state index is 0.120. The van der Waals surface area contributed by atoms with E-state index in [9.17, 15) is 9.90 Å². The largest absolute Gasteiger partial charge is 0.394 e. The molecular formula is C15H15BrN2O2. The summed E-state index contributed by atoms with van der Waals surface area (Å²) in [5.41, 5.74) is 1.38. The Labute approximate surface area is 126 Å². The molecule has 104 valence electrons. The third-order valence-corrected chi connectivity index (χ3v) is 3.49. The van der Waals surface area contributed by atoms with Crippen molar-refractivity contribution in [3.8, 4) is 0 Å². The lowest BCUT2D eigenvalue weighted by atomic mass is 10.1. The molecule has 1 atom stereocenters. The van der Waals surface area contributed by atoms with Crippen LogP contribution in [0.4, 0.5) is 0 Å².